The molecule has 0 saturated heterocycles. The Hall–Kier alpha value is -4.37. The average Bonchev–Trinajstić information content (AvgIpc) is 3.78. The molecule has 246 valence electrons. The number of hydrogen-bond acceptors (Lipinski definition) is 0. The Kier molecular flexibility index (Phi) is 16.3. The molecule has 8 aromatic rings. The molecule has 2 radical (unpaired) electrons. The minimum Gasteiger partial charge on any atom is -0.358 e. The minimum atomic E-state index is 0. The van der Waals surface area contributed by atoms with Crippen LogP contribution in [0.2, 0.25) is 0 Å². The average molecular weight is 829 g/mol. The first-order valence-corrected chi connectivity index (χ1v) is 17.6. The van der Waals surface area contributed by atoms with E-state index < -0.39 is 0 Å². The van der Waals surface area contributed by atoms with Crippen LogP contribution < -0.4 is 10.4 Å². The molecule has 0 amide bonds. The van der Waals surface area contributed by atoms with Crippen molar-refractivity contribution < 1.29 is 25.8 Å². The molecule has 0 atom stereocenters. The summed E-state index contributed by atoms with van der Waals surface area (Å²) >= 11 is 0. The number of aryl methyl sites for hydroxylation is 2. The molecule has 0 bridgehead atoms. The van der Waals surface area contributed by atoms with Gasteiger partial charge < -0.3 is 14.9 Å². The van der Waals surface area contributed by atoms with Crippen molar-refractivity contribution >= 4 is 41.4 Å². The summed E-state index contributed by atoms with van der Waals surface area (Å²) in [7, 11) is 0.777. The summed E-state index contributed by atoms with van der Waals surface area (Å²) in [5.41, 5.74) is 8.11. The zero-order valence-corrected chi connectivity index (χ0v) is 34.3. The molecule has 0 unspecified atom stereocenters. The van der Waals surface area contributed by atoms with Gasteiger partial charge >= 0.3 is 25.8 Å². The summed E-state index contributed by atoms with van der Waals surface area (Å²) in [5, 5.41) is 8.24. The van der Waals surface area contributed by atoms with Crippen LogP contribution in [0.15, 0.2) is 182 Å². The van der Waals surface area contributed by atoms with E-state index in [0.717, 1.165) is 22.4 Å². The predicted octanol–water partition coefficient (Wildman–Crippen LogP) is 11.8. The molecule has 0 N–H and O–H groups in total. The summed E-state index contributed by atoms with van der Waals surface area (Å²) in [6.07, 6.45) is 2.20. The molecule has 0 aliphatic heterocycles. The SMILES string of the molecule is CCc1cc2c(-c3ccccc3)cccc2[cH-]1.CCc1cc2c(-c3ccccc3)cccc2[cH-]1.[CH3-].[CH3-].[Hf+4].c1ccc([Si]c2ccccc2)cc1. The molecule has 0 aliphatic carbocycles. The Balaban J connectivity index is 0.000000199. The van der Waals surface area contributed by atoms with Gasteiger partial charge in [0.2, 0.25) is 0 Å². The zero-order chi connectivity index (χ0) is 32.3. The molecule has 0 fully saturated rings. The topological polar surface area (TPSA) is 0 Å². The van der Waals surface area contributed by atoms with Crippen molar-refractivity contribution in [3.05, 3.63) is 208 Å². The number of benzene rings is 6. The smallest absolute Gasteiger partial charge is 0.358 e. The van der Waals surface area contributed by atoms with Crippen LogP contribution in [0, 0.1) is 14.9 Å². The third kappa shape index (κ3) is 10.3. The van der Waals surface area contributed by atoms with Crippen molar-refractivity contribution in [3.8, 4) is 22.3 Å². The number of rotatable bonds is 6. The Bertz CT molecular complexity index is 1950. The molecule has 0 aromatic heterocycles. The minimum absolute atomic E-state index is 0. The second-order valence-corrected chi connectivity index (χ2v) is 13.0. The maximum absolute atomic E-state index is 2.32. The molecule has 2 heteroatoms. The zero-order valence-electron chi connectivity index (χ0n) is 29.7. The summed E-state index contributed by atoms with van der Waals surface area (Å²) < 4.78 is 0. The number of hydrogen-bond donors (Lipinski definition) is 0. The van der Waals surface area contributed by atoms with E-state index in [9.17, 15) is 0 Å². The van der Waals surface area contributed by atoms with Gasteiger partial charge in [0.05, 0.1) is 0 Å². The van der Waals surface area contributed by atoms with Crippen LogP contribution in [0.5, 0.6) is 0 Å². The van der Waals surface area contributed by atoms with E-state index in [2.05, 4.69) is 196 Å². The summed E-state index contributed by atoms with van der Waals surface area (Å²) in [6, 6.07) is 64.7. The fraction of sp³-hybridized carbons (Fsp3) is 0.0833. The molecular formula is C48H46HfSi. The number of fused-ring (bicyclic) bond motifs is 2. The van der Waals surface area contributed by atoms with Gasteiger partial charge in [-0.05, 0) is 24.0 Å². The van der Waals surface area contributed by atoms with Crippen LogP contribution in [0.25, 0.3) is 43.8 Å². The first-order valence-electron chi connectivity index (χ1n) is 16.6. The van der Waals surface area contributed by atoms with Crippen LogP contribution in [0.3, 0.4) is 0 Å². The Labute approximate surface area is 322 Å². The molecule has 50 heavy (non-hydrogen) atoms. The van der Waals surface area contributed by atoms with E-state index in [0.29, 0.717) is 0 Å². The van der Waals surface area contributed by atoms with Gasteiger partial charge in [-0.25, -0.2) is 0 Å². The van der Waals surface area contributed by atoms with Crippen LogP contribution >= 0.6 is 0 Å². The van der Waals surface area contributed by atoms with Gasteiger partial charge in [-0.15, -0.1) is 69.1 Å². The summed E-state index contributed by atoms with van der Waals surface area (Å²) in [4.78, 5) is 0. The van der Waals surface area contributed by atoms with Crippen LogP contribution in [-0.4, -0.2) is 9.52 Å². The van der Waals surface area contributed by atoms with E-state index in [4.69, 9.17) is 0 Å². The molecule has 8 rings (SSSR count). The van der Waals surface area contributed by atoms with Gasteiger partial charge in [-0.3, -0.25) is 0 Å². The largest absolute Gasteiger partial charge is 4.00 e. The normalized spacial score (nSPS) is 9.96. The third-order valence-electron chi connectivity index (χ3n) is 8.44. The Morgan fingerprint density at radius 3 is 1.10 bits per heavy atom. The Morgan fingerprint density at radius 1 is 0.420 bits per heavy atom. The first-order chi connectivity index (χ1) is 23.2. The quantitative estimate of drug-likeness (QED) is 0.116. The van der Waals surface area contributed by atoms with Crippen LogP contribution in [-0.2, 0) is 38.7 Å². The van der Waals surface area contributed by atoms with Crippen LogP contribution in [0.1, 0.15) is 25.0 Å². The molecule has 0 saturated carbocycles. The Morgan fingerprint density at radius 2 is 0.760 bits per heavy atom. The molecule has 0 heterocycles. The molecular weight excluding hydrogens is 783 g/mol. The van der Waals surface area contributed by atoms with Gasteiger partial charge in [0, 0.05) is 0 Å². The van der Waals surface area contributed by atoms with E-state index in [1.165, 1.54) is 65.3 Å². The van der Waals surface area contributed by atoms with Crippen molar-refractivity contribution in [1.29, 1.82) is 0 Å². The molecule has 0 aliphatic rings. The van der Waals surface area contributed by atoms with E-state index in [-0.39, 0.29) is 40.7 Å². The van der Waals surface area contributed by atoms with Gasteiger partial charge in [-0.1, -0.05) is 169 Å². The molecule has 0 nitrogen and oxygen atoms in total. The van der Waals surface area contributed by atoms with Crippen molar-refractivity contribution in [2.24, 2.45) is 0 Å². The molecule has 8 aromatic carbocycles. The second kappa shape index (κ2) is 20.3. The standard InChI is InChI=1S/2C17H15.C12H10Si.2CH3.Hf/c2*1-2-13-11-15-9-6-10-16(17(15)12-13)14-7-4-3-5-8-14;1-3-7-11(8-4-1)13-12-9-5-2-6-10-12;;;/h2*3-12H,2H2,1H3;1-10H;2*1H3;/q2*-1;;2*-1;+4. The van der Waals surface area contributed by atoms with Crippen molar-refractivity contribution in [2.45, 2.75) is 26.7 Å². The van der Waals surface area contributed by atoms with Crippen LogP contribution in [0.4, 0.5) is 0 Å². The van der Waals surface area contributed by atoms with Gasteiger partial charge in [-0.2, -0.15) is 12.1 Å². The summed E-state index contributed by atoms with van der Waals surface area (Å²) in [6.45, 7) is 4.41. The van der Waals surface area contributed by atoms with Crippen molar-refractivity contribution in [2.75, 3.05) is 0 Å². The van der Waals surface area contributed by atoms with Gasteiger partial charge in [0.15, 0.2) is 0 Å². The maximum atomic E-state index is 2.32. The molecule has 0 spiro atoms. The maximum Gasteiger partial charge on any atom is 4.00 e. The third-order valence-corrected chi connectivity index (χ3v) is 9.69. The van der Waals surface area contributed by atoms with Gasteiger partial charge in [0.1, 0.15) is 9.52 Å². The van der Waals surface area contributed by atoms with E-state index >= 15 is 0 Å². The van der Waals surface area contributed by atoms with Gasteiger partial charge in [0.25, 0.3) is 0 Å². The monoisotopic (exact) mass is 830 g/mol. The summed E-state index contributed by atoms with van der Waals surface area (Å²) in [5.74, 6) is 0. The first kappa shape index (κ1) is 40.1. The van der Waals surface area contributed by atoms with E-state index in [1.807, 2.05) is 0 Å². The van der Waals surface area contributed by atoms with Crippen molar-refractivity contribution in [3.63, 3.8) is 0 Å². The van der Waals surface area contributed by atoms with E-state index in [1.54, 1.807) is 0 Å². The predicted molar refractivity (Wildman–Crippen MR) is 219 cm³/mol. The second-order valence-electron chi connectivity index (χ2n) is 11.6. The fourth-order valence-corrected chi connectivity index (χ4v) is 7.00. The van der Waals surface area contributed by atoms with Crippen molar-refractivity contribution in [1.82, 2.24) is 0 Å². The fourth-order valence-electron chi connectivity index (χ4n) is 5.95.